The second-order valence-corrected chi connectivity index (χ2v) is 8.62. The highest BCUT2D eigenvalue weighted by Gasteiger charge is 2.52. The molecular formula is C21AlF15O6. The van der Waals surface area contributed by atoms with Crippen molar-refractivity contribution >= 4 is 33.1 Å². The van der Waals surface area contributed by atoms with Crippen LogP contribution in [0.25, 0.3) is 0 Å². The van der Waals surface area contributed by atoms with Crippen LogP contribution in [0, 0.1) is 87.3 Å². The summed E-state index contributed by atoms with van der Waals surface area (Å²) in [7, 11) is 0. The zero-order valence-electron chi connectivity index (χ0n) is 19.2. The van der Waals surface area contributed by atoms with Gasteiger partial charge in [0.25, 0.3) is 0 Å². The van der Waals surface area contributed by atoms with Gasteiger partial charge in [0.1, 0.15) is 16.7 Å². The fourth-order valence-corrected chi connectivity index (χ4v) is 3.89. The van der Waals surface area contributed by atoms with Gasteiger partial charge in [-0.25, -0.2) is 80.2 Å². The van der Waals surface area contributed by atoms with Gasteiger partial charge in [-0.15, -0.1) is 0 Å². The van der Waals surface area contributed by atoms with E-state index in [9.17, 15) is 80.2 Å². The summed E-state index contributed by atoms with van der Waals surface area (Å²) < 4.78 is 216. The zero-order chi connectivity index (χ0) is 32.8. The van der Waals surface area contributed by atoms with Gasteiger partial charge < -0.3 is 11.4 Å². The third-order valence-corrected chi connectivity index (χ3v) is 6.07. The maximum atomic E-state index is 14.0. The molecule has 0 unspecified atom stereocenters. The Balaban J connectivity index is 2.12. The van der Waals surface area contributed by atoms with Crippen molar-refractivity contribution in [3.05, 3.63) is 104 Å². The molecule has 0 heterocycles. The molecule has 0 radical (unpaired) electrons. The molecule has 0 N–H and O–H groups in total. The van der Waals surface area contributed by atoms with Gasteiger partial charge in [0.2, 0.25) is 17.5 Å². The number of benzene rings is 3. The molecule has 0 aromatic heterocycles. The summed E-state index contributed by atoms with van der Waals surface area (Å²) in [5.74, 6) is -51.9. The minimum atomic E-state index is -5.74. The van der Waals surface area contributed by atoms with Gasteiger partial charge in [-0.3, -0.25) is 0 Å². The van der Waals surface area contributed by atoms with Gasteiger partial charge in [0.05, 0.1) is 0 Å². The first-order valence-corrected chi connectivity index (χ1v) is 11.4. The molecule has 6 nitrogen and oxygen atoms in total. The molecule has 0 aliphatic rings. The molecule has 0 amide bonds. The predicted molar refractivity (Wildman–Crippen MR) is 101 cm³/mol. The summed E-state index contributed by atoms with van der Waals surface area (Å²) in [6.45, 7) is 0. The molecule has 3 aromatic carbocycles. The van der Waals surface area contributed by atoms with Crippen molar-refractivity contribution in [3.63, 3.8) is 0 Å². The molecule has 0 aliphatic heterocycles. The molecule has 0 aliphatic carbocycles. The minimum absolute atomic E-state index is 2.56. The van der Waals surface area contributed by atoms with Crippen LogP contribution < -0.4 is 0 Å². The standard InChI is InChI=1S/3C7HF5O2.Al/c3*8-2-1(7(13)14)3(9)5(11)6(12)4(2)10;/h3*(H,13,14);/q;;;+3/p-3. The summed E-state index contributed by atoms with van der Waals surface area (Å²) in [6, 6.07) is 0. The average Bonchev–Trinajstić information content (AvgIpc) is 2.95. The van der Waals surface area contributed by atoms with E-state index < -0.39 is 137 Å². The number of hydrogen-bond donors (Lipinski definition) is 0. The first-order chi connectivity index (χ1) is 19.8. The lowest BCUT2D eigenvalue weighted by atomic mass is 10.1. The van der Waals surface area contributed by atoms with Gasteiger partial charge >= 0.3 is 33.1 Å². The van der Waals surface area contributed by atoms with Crippen LogP contribution in [-0.2, 0) is 11.4 Å². The SMILES string of the molecule is O=C([O][Al]([O]C(=O)c1c(F)c(F)c(F)c(F)c1F)[O]C(=O)c1c(F)c(F)c(F)c(F)c1F)c1c(F)c(F)c(F)c(F)c1F. The maximum absolute atomic E-state index is 14.0. The Morgan fingerprint density at radius 1 is 0.302 bits per heavy atom. The van der Waals surface area contributed by atoms with E-state index in [1.165, 1.54) is 0 Å². The molecule has 3 aromatic rings. The minimum Gasteiger partial charge on any atom is -0.547 e. The van der Waals surface area contributed by atoms with E-state index in [-0.39, 0.29) is 0 Å². The Hall–Kier alpha value is -4.45. The third-order valence-electron chi connectivity index (χ3n) is 4.85. The van der Waals surface area contributed by atoms with Crippen LogP contribution in [0.1, 0.15) is 31.1 Å². The van der Waals surface area contributed by atoms with E-state index in [4.69, 9.17) is 0 Å². The highest BCUT2D eigenvalue weighted by Crippen LogP contribution is 2.28. The van der Waals surface area contributed by atoms with Crippen molar-refractivity contribution < 1.29 is 91.6 Å². The van der Waals surface area contributed by atoms with Crippen LogP contribution in [0.3, 0.4) is 0 Å². The first kappa shape index (κ1) is 33.1. The summed E-state index contributed by atoms with van der Waals surface area (Å²) in [6.07, 6.45) is 0. The zero-order valence-corrected chi connectivity index (χ0v) is 20.4. The smallest absolute Gasteiger partial charge is 0.547 e. The van der Waals surface area contributed by atoms with Crippen LogP contribution >= 0.6 is 0 Å². The van der Waals surface area contributed by atoms with Crippen molar-refractivity contribution in [3.8, 4) is 0 Å². The molecule has 228 valence electrons. The number of carbonyl (C=O) groups excluding carboxylic acids is 3. The first-order valence-electron chi connectivity index (χ1n) is 10.0. The fourth-order valence-electron chi connectivity index (χ4n) is 2.86. The molecule has 0 spiro atoms. The van der Waals surface area contributed by atoms with Crippen LogP contribution in [0.5, 0.6) is 0 Å². The van der Waals surface area contributed by atoms with E-state index >= 15 is 0 Å². The van der Waals surface area contributed by atoms with E-state index in [1.807, 2.05) is 0 Å². The third kappa shape index (κ3) is 5.66. The molecule has 43 heavy (non-hydrogen) atoms. The van der Waals surface area contributed by atoms with Crippen LogP contribution in [-0.4, -0.2) is 33.1 Å². The number of hydrogen-bond acceptors (Lipinski definition) is 6. The average molecular weight is 660 g/mol. The molecule has 0 saturated carbocycles. The van der Waals surface area contributed by atoms with E-state index in [1.54, 1.807) is 0 Å². The lowest BCUT2D eigenvalue weighted by Crippen LogP contribution is -2.37. The van der Waals surface area contributed by atoms with Gasteiger partial charge in [0, 0.05) is 0 Å². The Morgan fingerprint density at radius 3 is 0.605 bits per heavy atom. The molecule has 0 bridgehead atoms. The van der Waals surface area contributed by atoms with Crippen LogP contribution in [0.2, 0.25) is 0 Å². The van der Waals surface area contributed by atoms with Crippen molar-refractivity contribution in [2.75, 3.05) is 0 Å². The topological polar surface area (TPSA) is 78.9 Å². The van der Waals surface area contributed by atoms with E-state index in [0.29, 0.717) is 0 Å². The van der Waals surface area contributed by atoms with Crippen molar-refractivity contribution in [2.45, 2.75) is 0 Å². The molecule has 22 heteroatoms. The Kier molecular flexibility index (Phi) is 9.26. The number of halogens is 15. The number of rotatable bonds is 6. The Bertz CT molecular complexity index is 1440. The maximum Gasteiger partial charge on any atom is 1.20 e. The molecule has 0 atom stereocenters. The quantitative estimate of drug-likeness (QED) is 0.148. The molecule has 0 fully saturated rings. The normalized spacial score (nSPS) is 11.0. The van der Waals surface area contributed by atoms with Crippen molar-refractivity contribution in [1.29, 1.82) is 0 Å². The van der Waals surface area contributed by atoms with Crippen LogP contribution in [0.4, 0.5) is 65.9 Å². The largest absolute Gasteiger partial charge is 1.20 e. The van der Waals surface area contributed by atoms with Gasteiger partial charge in [-0.05, 0) is 0 Å². The highest BCUT2D eigenvalue weighted by molar-refractivity contribution is 6.45. The lowest BCUT2D eigenvalue weighted by Gasteiger charge is -2.16. The summed E-state index contributed by atoms with van der Waals surface area (Å²) >= 11 is -5.74. The monoisotopic (exact) mass is 660 g/mol. The van der Waals surface area contributed by atoms with E-state index in [0.717, 1.165) is 0 Å². The highest BCUT2D eigenvalue weighted by atomic mass is 27.3. The summed E-state index contributed by atoms with van der Waals surface area (Å²) in [5, 5.41) is 0. The van der Waals surface area contributed by atoms with Gasteiger partial charge in [-0.2, -0.15) is 0 Å². The molecular weight excluding hydrogens is 660 g/mol. The van der Waals surface area contributed by atoms with Gasteiger partial charge in [0.15, 0.2) is 69.8 Å². The number of carbonyl (C=O) groups is 3. The summed E-state index contributed by atoms with van der Waals surface area (Å²) in [5.41, 5.74) is -7.68. The Morgan fingerprint density at radius 2 is 0.442 bits per heavy atom. The Labute approximate surface area is 229 Å². The van der Waals surface area contributed by atoms with Crippen molar-refractivity contribution in [2.24, 2.45) is 0 Å². The van der Waals surface area contributed by atoms with Crippen LogP contribution in [0.15, 0.2) is 0 Å². The lowest BCUT2D eigenvalue weighted by molar-refractivity contribution is 0.0396. The van der Waals surface area contributed by atoms with Crippen molar-refractivity contribution in [1.82, 2.24) is 0 Å². The molecule has 3 rings (SSSR count). The second kappa shape index (κ2) is 12.0. The second-order valence-electron chi connectivity index (χ2n) is 7.34. The van der Waals surface area contributed by atoms with Gasteiger partial charge in [-0.1, -0.05) is 0 Å². The predicted octanol–water partition coefficient (Wildman–Crippen LogP) is 5.63. The molecule has 0 saturated heterocycles. The van der Waals surface area contributed by atoms with E-state index in [2.05, 4.69) is 11.4 Å². The summed E-state index contributed by atoms with van der Waals surface area (Å²) in [4.78, 5) is 36.5. The fraction of sp³-hybridized carbons (Fsp3) is 0.